The maximum atomic E-state index is 6.23. The van der Waals surface area contributed by atoms with E-state index in [1.54, 1.807) is 6.07 Å². The number of hydrogen-bond donors (Lipinski definition) is 1. The number of anilines is 2. The number of aromatic nitrogens is 2. The first kappa shape index (κ1) is 18.2. The summed E-state index contributed by atoms with van der Waals surface area (Å²) in [6.07, 6.45) is 0.808. The van der Waals surface area contributed by atoms with Crippen LogP contribution in [0.4, 0.5) is 11.8 Å². The molecule has 1 aliphatic rings. The zero-order chi connectivity index (χ0) is 17.8. The standard InChI is InChI=1S/C18H23Cl2N5/c1-13-11-17(21-6-5-14-3-4-15(19)12-16(14)20)23-18(22-13)25-9-7-24(2)8-10-25/h3-4,11-12H,5-10H2,1-2H3,(H,21,22,23). The fraction of sp³-hybridized carbons (Fsp3) is 0.444. The lowest BCUT2D eigenvalue weighted by Crippen LogP contribution is -2.45. The highest BCUT2D eigenvalue weighted by atomic mass is 35.5. The minimum atomic E-state index is 0.657. The van der Waals surface area contributed by atoms with Crippen LogP contribution in [0.25, 0.3) is 0 Å². The second-order valence-corrected chi connectivity index (χ2v) is 7.24. The Balaban J connectivity index is 1.62. The van der Waals surface area contributed by atoms with Gasteiger partial charge in [0.15, 0.2) is 0 Å². The van der Waals surface area contributed by atoms with E-state index in [1.807, 2.05) is 25.1 Å². The number of benzene rings is 1. The lowest BCUT2D eigenvalue weighted by molar-refractivity contribution is 0.311. The van der Waals surface area contributed by atoms with Gasteiger partial charge in [-0.1, -0.05) is 29.3 Å². The van der Waals surface area contributed by atoms with Gasteiger partial charge in [0.2, 0.25) is 5.95 Å². The second kappa shape index (κ2) is 8.21. The highest BCUT2D eigenvalue weighted by Gasteiger charge is 2.17. The van der Waals surface area contributed by atoms with Crippen molar-refractivity contribution in [3.8, 4) is 0 Å². The molecule has 1 aliphatic heterocycles. The fourth-order valence-corrected chi connectivity index (χ4v) is 3.34. The second-order valence-electron chi connectivity index (χ2n) is 6.40. The van der Waals surface area contributed by atoms with Crippen molar-refractivity contribution in [2.75, 3.05) is 50.0 Å². The minimum Gasteiger partial charge on any atom is -0.370 e. The van der Waals surface area contributed by atoms with Crippen molar-refractivity contribution in [1.82, 2.24) is 14.9 Å². The van der Waals surface area contributed by atoms with Gasteiger partial charge in [0.05, 0.1) is 0 Å². The van der Waals surface area contributed by atoms with E-state index in [2.05, 4.69) is 32.1 Å². The minimum absolute atomic E-state index is 0.657. The molecule has 5 nitrogen and oxygen atoms in total. The lowest BCUT2D eigenvalue weighted by atomic mass is 10.1. The molecule has 0 unspecified atom stereocenters. The van der Waals surface area contributed by atoms with Crippen molar-refractivity contribution in [3.05, 3.63) is 45.6 Å². The van der Waals surface area contributed by atoms with Gasteiger partial charge >= 0.3 is 0 Å². The molecule has 1 aromatic heterocycles. The first-order valence-electron chi connectivity index (χ1n) is 8.48. The molecule has 1 aromatic carbocycles. The maximum absolute atomic E-state index is 6.23. The maximum Gasteiger partial charge on any atom is 0.227 e. The molecule has 3 rings (SSSR count). The molecule has 1 fully saturated rings. The van der Waals surface area contributed by atoms with Crippen LogP contribution in [0.2, 0.25) is 10.0 Å². The highest BCUT2D eigenvalue weighted by Crippen LogP contribution is 2.21. The van der Waals surface area contributed by atoms with E-state index in [9.17, 15) is 0 Å². The summed E-state index contributed by atoms with van der Waals surface area (Å²) in [5.74, 6) is 1.66. The Morgan fingerprint density at radius 1 is 1.08 bits per heavy atom. The third-order valence-electron chi connectivity index (χ3n) is 4.34. The summed E-state index contributed by atoms with van der Waals surface area (Å²) in [6.45, 7) is 6.74. The first-order valence-corrected chi connectivity index (χ1v) is 9.24. The van der Waals surface area contributed by atoms with Crippen molar-refractivity contribution < 1.29 is 0 Å². The smallest absolute Gasteiger partial charge is 0.227 e. The molecule has 134 valence electrons. The average Bonchev–Trinajstić information content (AvgIpc) is 2.57. The Morgan fingerprint density at radius 3 is 2.56 bits per heavy atom. The normalized spacial score (nSPS) is 15.4. The SMILES string of the molecule is Cc1cc(NCCc2ccc(Cl)cc2Cl)nc(N2CCN(C)CC2)n1. The molecule has 0 aliphatic carbocycles. The molecular weight excluding hydrogens is 357 g/mol. The van der Waals surface area contributed by atoms with Crippen LogP contribution >= 0.6 is 23.2 Å². The molecule has 1 N–H and O–H groups in total. The number of halogens is 2. The molecule has 0 bridgehead atoms. The number of hydrogen-bond acceptors (Lipinski definition) is 5. The molecule has 2 aromatic rings. The Kier molecular flexibility index (Phi) is 5.99. The zero-order valence-corrected chi connectivity index (χ0v) is 16.1. The van der Waals surface area contributed by atoms with Crippen LogP contribution < -0.4 is 10.2 Å². The van der Waals surface area contributed by atoms with E-state index in [1.165, 1.54) is 0 Å². The van der Waals surface area contributed by atoms with Crippen molar-refractivity contribution >= 4 is 35.0 Å². The topological polar surface area (TPSA) is 44.3 Å². The number of piperazine rings is 1. The predicted molar refractivity (Wildman–Crippen MR) is 105 cm³/mol. The number of nitrogens with zero attached hydrogens (tertiary/aromatic N) is 4. The molecule has 0 radical (unpaired) electrons. The van der Waals surface area contributed by atoms with Crippen molar-refractivity contribution in [2.45, 2.75) is 13.3 Å². The molecule has 0 spiro atoms. The average molecular weight is 380 g/mol. The van der Waals surface area contributed by atoms with Crippen LogP contribution in [0.5, 0.6) is 0 Å². The Bertz CT molecular complexity index is 729. The molecule has 25 heavy (non-hydrogen) atoms. The van der Waals surface area contributed by atoms with Crippen molar-refractivity contribution in [2.24, 2.45) is 0 Å². The summed E-state index contributed by atoms with van der Waals surface area (Å²) in [5.41, 5.74) is 2.04. The van der Waals surface area contributed by atoms with Gasteiger partial charge in [0.1, 0.15) is 5.82 Å². The molecule has 2 heterocycles. The largest absolute Gasteiger partial charge is 0.370 e. The summed E-state index contributed by atoms with van der Waals surface area (Å²) in [5, 5.41) is 4.74. The van der Waals surface area contributed by atoms with Crippen LogP contribution in [0, 0.1) is 6.92 Å². The van der Waals surface area contributed by atoms with E-state index in [0.29, 0.717) is 10.0 Å². The zero-order valence-electron chi connectivity index (χ0n) is 14.6. The van der Waals surface area contributed by atoms with Gasteiger partial charge in [0.25, 0.3) is 0 Å². The van der Waals surface area contributed by atoms with E-state index in [-0.39, 0.29) is 0 Å². The number of rotatable bonds is 5. The first-order chi connectivity index (χ1) is 12.0. The van der Waals surface area contributed by atoms with Crippen LogP contribution in [-0.4, -0.2) is 54.6 Å². The summed E-state index contributed by atoms with van der Waals surface area (Å²) in [6, 6.07) is 7.58. The van der Waals surface area contributed by atoms with Crippen LogP contribution in [0.1, 0.15) is 11.3 Å². The number of aryl methyl sites for hydroxylation is 1. The summed E-state index contributed by atoms with van der Waals surface area (Å²) < 4.78 is 0. The number of likely N-dealkylation sites (N-methyl/N-ethyl adjacent to an activating group) is 1. The Morgan fingerprint density at radius 2 is 1.84 bits per heavy atom. The number of nitrogens with one attached hydrogen (secondary N) is 1. The van der Waals surface area contributed by atoms with Gasteiger partial charge in [0, 0.05) is 54.5 Å². The third kappa shape index (κ3) is 4.97. The Hall–Kier alpha value is -1.56. The third-order valence-corrected chi connectivity index (χ3v) is 4.93. The van der Waals surface area contributed by atoms with Gasteiger partial charge in [-0.2, -0.15) is 4.98 Å². The fourth-order valence-electron chi connectivity index (χ4n) is 2.84. The quantitative estimate of drug-likeness (QED) is 0.860. The summed E-state index contributed by atoms with van der Waals surface area (Å²) >= 11 is 12.2. The van der Waals surface area contributed by atoms with Gasteiger partial charge in [-0.15, -0.1) is 0 Å². The molecule has 0 atom stereocenters. The van der Waals surface area contributed by atoms with Crippen molar-refractivity contribution in [1.29, 1.82) is 0 Å². The van der Waals surface area contributed by atoms with Gasteiger partial charge < -0.3 is 15.1 Å². The van der Waals surface area contributed by atoms with Crippen molar-refractivity contribution in [3.63, 3.8) is 0 Å². The van der Waals surface area contributed by atoms with E-state index >= 15 is 0 Å². The van der Waals surface area contributed by atoms with Crippen LogP contribution in [-0.2, 0) is 6.42 Å². The highest BCUT2D eigenvalue weighted by molar-refractivity contribution is 6.35. The van der Waals surface area contributed by atoms with E-state index in [0.717, 1.165) is 62.2 Å². The van der Waals surface area contributed by atoms with Gasteiger partial charge in [-0.25, -0.2) is 4.98 Å². The monoisotopic (exact) mass is 379 g/mol. The predicted octanol–water partition coefficient (Wildman–Crippen LogP) is 3.50. The summed E-state index contributed by atoms with van der Waals surface area (Å²) in [7, 11) is 2.14. The van der Waals surface area contributed by atoms with Crippen LogP contribution in [0.15, 0.2) is 24.3 Å². The van der Waals surface area contributed by atoms with E-state index in [4.69, 9.17) is 23.2 Å². The molecule has 7 heteroatoms. The van der Waals surface area contributed by atoms with Crippen LogP contribution in [0.3, 0.4) is 0 Å². The van der Waals surface area contributed by atoms with Gasteiger partial charge in [-0.05, 0) is 38.1 Å². The van der Waals surface area contributed by atoms with Gasteiger partial charge in [-0.3, -0.25) is 0 Å². The molecule has 1 saturated heterocycles. The molecule has 0 saturated carbocycles. The van der Waals surface area contributed by atoms with E-state index < -0.39 is 0 Å². The molecule has 0 amide bonds. The molecular formula is C18H23Cl2N5. The summed E-state index contributed by atoms with van der Waals surface area (Å²) in [4.78, 5) is 13.8. The Labute approximate surface area is 159 Å². The lowest BCUT2D eigenvalue weighted by Gasteiger charge is -2.32.